The lowest BCUT2D eigenvalue weighted by atomic mass is 9.72. The van der Waals surface area contributed by atoms with Crippen molar-refractivity contribution in [2.75, 3.05) is 6.54 Å². The molecule has 5 aliphatic rings. The Labute approximate surface area is 196 Å². The van der Waals surface area contributed by atoms with E-state index in [-0.39, 0.29) is 35.8 Å². The fraction of sp³-hybridized carbons (Fsp3) is 0.643. The lowest BCUT2D eigenvalue weighted by Crippen LogP contribution is -2.56. The highest BCUT2D eigenvalue weighted by Crippen LogP contribution is 2.58. The first-order valence-electron chi connectivity index (χ1n) is 13.1. The molecule has 3 heterocycles. The summed E-state index contributed by atoms with van der Waals surface area (Å²) in [6.45, 7) is 2.76. The molecule has 5 nitrogen and oxygen atoms in total. The van der Waals surface area contributed by atoms with E-state index in [1.54, 1.807) is 0 Å². The van der Waals surface area contributed by atoms with Gasteiger partial charge >= 0.3 is 0 Å². The third-order valence-electron chi connectivity index (χ3n) is 8.97. The zero-order valence-corrected chi connectivity index (χ0v) is 19.7. The van der Waals surface area contributed by atoms with Gasteiger partial charge in [0.05, 0.1) is 12.0 Å². The summed E-state index contributed by atoms with van der Waals surface area (Å²) in [5, 5.41) is 3.31. The molecule has 2 aliphatic carbocycles. The van der Waals surface area contributed by atoms with Gasteiger partial charge in [-0.25, -0.2) is 0 Å². The number of hydrogen-bond acceptors (Lipinski definition) is 3. The Hall–Kier alpha value is -2.14. The molecule has 4 fully saturated rings. The maximum absolute atomic E-state index is 14.1. The lowest BCUT2D eigenvalue weighted by molar-refractivity contribution is -0.140. The second kappa shape index (κ2) is 8.26. The number of nitrogens with zero attached hydrogens (tertiary/aromatic N) is 1. The number of benzene rings is 1. The molecule has 6 rings (SSSR count). The van der Waals surface area contributed by atoms with Crippen LogP contribution in [-0.4, -0.2) is 47.0 Å². The zero-order chi connectivity index (χ0) is 22.6. The highest BCUT2D eigenvalue weighted by atomic mass is 16.5. The van der Waals surface area contributed by atoms with Gasteiger partial charge < -0.3 is 15.0 Å². The number of ether oxygens (including phenoxy) is 1. The fourth-order valence-corrected chi connectivity index (χ4v) is 7.33. The van der Waals surface area contributed by atoms with Crippen molar-refractivity contribution in [3.8, 4) is 0 Å². The molecule has 5 heteroatoms. The monoisotopic (exact) mass is 448 g/mol. The second-order valence-corrected chi connectivity index (χ2v) is 11.1. The normalized spacial score (nSPS) is 36.0. The van der Waals surface area contributed by atoms with Crippen molar-refractivity contribution in [1.82, 2.24) is 10.2 Å². The maximum atomic E-state index is 14.1. The largest absolute Gasteiger partial charge is 0.359 e. The van der Waals surface area contributed by atoms with Crippen molar-refractivity contribution in [2.24, 2.45) is 11.8 Å². The quantitative estimate of drug-likeness (QED) is 0.685. The molecule has 176 valence electrons. The molecule has 1 N–H and O–H groups in total. The molecule has 33 heavy (non-hydrogen) atoms. The van der Waals surface area contributed by atoms with Crippen LogP contribution in [-0.2, 0) is 14.3 Å². The average molecular weight is 449 g/mol. The fourth-order valence-electron chi connectivity index (χ4n) is 7.33. The topological polar surface area (TPSA) is 58.6 Å². The Balaban J connectivity index is 1.35. The van der Waals surface area contributed by atoms with Crippen LogP contribution in [0.5, 0.6) is 0 Å². The van der Waals surface area contributed by atoms with Gasteiger partial charge in [0.1, 0.15) is 11.6 Å². The van der Waals surface area contributed by atoms with Gasteiger partial charge in [0.25, 0.3) is 0 Å². The lowest BCUT2D eigenvalue weighted by Gasteiger charge is -2.35. The molecule has 2 amide bonds. The van der Waals surface area contributed by atoms with Crippen LogP contribution >= 0.6 is 0 Å². The van der Waals surface area contributed by atoms with Gasteiger partial charge in [-0.1, -0.05) is 74.1 Å². The molecular formula is C28H36N2O3. The van der Waals surface area contributed by atoms with Gasteiger partial charge in [0, 0.05) is 18.5 Å². The summed E-state index contributed by atoms with van der Waals surface area (Å²) >= 11 is 0. The molecule has 0 aromatic heterocycles. The van der Waals surface area contributed by atoms with Crippen LogP contribution in [0, 0.1) is 18.8 Å². The predicted octanol–water partition coefficient (Wildman–Crippen LogP) is 4.25. The van der Waals surface area contributed by atoms with E-state index in [0.717, 1.165) is 31.2 Å². The highest BCUT2D eigenvalue weighted by Gasteiger charge is 2.71. The van der Waals surface area contributed by atoms with Crippen LogP contribution in [0.15, 0.2) is 36.4 Å². The van der Waals surface area contributed by atoms with E-state index in [9.17, 15) is 9.59 Å². The number of nitrogens with one attached hydrogen (secondary N) is 1. The van der Waals surface area contributed by atoms with E-state index in [2.05, 4.69) is 48.7 Å². The summed E-state index contributed by atoms with van der Waals surface area (Å²) in [4.78, 5) is 29.8. The van der Waals surface area contributed by atoms with Crippen molar-refractivity contribution >= 4 is 11.8 Å². The number of amides is 2. The molecule has 1 spiro atoms. The van der Waals surface area contributed by atoms with E-state index in [1.165, 1.54) is 37.7 Å². The molecule has 1 aromatic rings. The van der Waals surface area contributed by atoms with Gasteiger partial charge in [-0.05, 0) is 44.1 Å². The number of rotatable bonds is 5. The first-order chi connectivity index (χ1) is 16.1. The number of hydrogen-bond donors (Lipinski definition) is 1. The minimum Gasteiger partial charge on any atom is -0.359 e. The molecule has 5 atom stereocenters. The molecule has 3 aliphatic heterocycles. The highest BCUT2D eigenvalue weighted by molar-refractivity contribution is 5.97. The Morgan fingerprint density at radius 2 is 1.76 bits per heavy atom. The average Bonchev–Trinajstić information content (AvgIpc) is 3.58. The number of fused-ring (bicyclic) bond motifs is 1. The summed E-state index contributed by atoms with van der Waals surface area (Å²) in [6.07, 6.45) is 14.5. The zero-order valence-electron chi connectivity index (χ0n) is 19.7. The Morgan fingerprint density at radius 3 is 2.48 bits per heavy atom. The van der Waals surface area contributed by atoms with Gasteiger partial charge in [-0.3, -0.25) is 9.59 Å². The standard InChI is InChI=1S/C28H36N2O3/c1-18-11-13-20(14-12-18)23-22-15-16-28(33-22)24(23)27(32)30(17-19-7-3-2-4-8-19)25(28)26(31)29-21-9-5-6-10-21/h11-16,19,21-25H,2-10,17H2,1H3,(H,29,31)/t22-,23-,24+,25+,28-/m1/s1. The van der Waals surface area contributed by atoms with Crippen molar-refractivity contribution in [2.45, 2.75) is 94.4 Å². The van der Waals surface area contributed by atoms with E-state index >= 15 is 0 Å². The summed E-state index contributed by atoms with van der Waals surface area (Å²) in [7, 11) is 0. The van der Waals surface area contributed by atoms with Gasteiger partial charge in [0.15, 0.2) is 0 Å². The van der Waals surface area contributed by atoms with Crippen LogP contribution in [0.2, 0.25) is 0 Å². The Morgan fingerprint density at radius 1 is 1.06 bits per heavy atom. The van der Waals surface area contributed by atoms with Crippen LogP contribution in [0.3, 0.4) is 0 Å². The molecule has 2 saturated carbocycles. The van der Waals surface area contributed by atoms with E-state index in [4.69, 9.17) is 4.74 Å². The minimum atomic E-state index is -0.839. The number of likely N-dealkylation sites (tertiary alicyclic amines) is 1. The minimum absolute atomic E-state index is 0.0107. The Bertz CT molecular complexity index is 944. The molecule has 2 saturated heterocycles. The number of aryl methyl sites for hydroxylation is 1. The second-order valence-electron chi connectivity index (χ2n) is 11.1. The van der Waals surface area contributed by atoms with Crippen molar-refractivity contribution in [3.05, 3.63) is 47.5 Å². The van der Waals surface area contributed by atoms with Crippen LogP contribution < -0.4 is 5.32 Å². The van der Waals surface area contributed by atoms with E-state index in [1.807, 2.05) is 4.90 Å². The molecule has 0 unspecified atom stereocenters. The van der Waals surface area contributed by atoms with E-state index in [0.29, 0.717) is 12.5 Å². The van der Waals surface area contributed by atoms with Crippen molar-refractivity contribution in [3.63, 3.8) is 0 Å². The first kappa shape index (κ1) is 21.4. The third-order valence-corrected chi connectivity index (χ3v) is 8.97. The molecular weight excluding hydrogens is 412 g/mol. The summed E-state index contributed by atoms with van der Waals surface area (Å²) in [5.74, 6) is 0.242. The number of carbonyl (C=O) groups excluding carboxylic acids is 2. The Kier molecular flexibility index (Phi) is 5.36. The van der Waals surface area contributed by atoms with Gasteiger partial charge in [-0.2, -0.15) is 0 Å². The van der Waals surface area contributed by atoms with Gasteiger partial charge in [0.2, 0.25) is 11.8 Å². The van der Waals surface area contributed by atoms with Crippen LogP contribution in [0.4, 0.5) is 0 Å². The molecule has 0 radical (unpaired) electrons. The predicted molar refractivity (Wildman–Crippen MR) is 127 cm³/mol. The summed E-state index contributed by atoms with van der Waals surface area (Å²) in [6, 6.07) is 8.17. The van der Waals surface area contributed by atoms with Gasteiger partial charge in [-0.15, -0.1) is 0 Å². The van der Waals surface area contributed by atoms with Crippen LogP contribution in [0.1, 0.15) is 74.8 Å². The summed E-state index contributed by atoms with van der Waals surface area (Å²) in [5.41, 5.74) is 1.51. The smallest absolute Gasteiger partial charge is 0.246 e. The molecule has 2 bridgehead atoms. The van der Waals surface area contributed by atoms with E-state index < -0.39 is 11.6 Å². The number of carbonyl (C=O) groups is 2. The summed E-state index contributed by atoms with van der Waals surface area (Å²) < 4.78 is 6.63. The van der Waals surface area contributed by atoms with Crippen molar-refractivity contribution < 1.29 is 14.3 Å². The van der Waals surface area contributed by atoms with Crippen molar-refractivity contribution in [1.29, 1.82) is 0 Å². The maximum Gasteiger partial charge on any atom is 0.246 e. The van der Waals surface area contributed by atoms with Crippen LogP contribution in [0.25, 0.3) is 0 Å². The third kappa shape index (κ3) is 3.46. The first-order valence-corrected chi connectivity index (χ1v) is 13.1. The SMILES string of the molecule is Cc1ccc([C@H]2[C@H]3C(=O)N(CC4CCCCC4)[C@@H](C(=O)NC4CCCC4)[C@@]34C=C[C@H]2O4)cc1. The molecule has 1 aromatic carbocycles.